The Balaban J connectivity index is 1.53. The van der Waals surface area contributed by atoms with Crippen molar-refractivity contribution in [2.24, 2.45) is 0 Å². The van der Waals surface area contributed by atoms with Crippen molar-refractivity contribution in [3.8, 4) is 5.75 Å². The lowest BCUT2D eigenvalue weighted by Crippen LogP contribution is -2.28. The van der Waals surface area contributed by atoms with Gasteiger partial charge in [0.1, 0.15) is 18.6 Å². The van der Waals surface area contributed by atoms with Gasteiger partial charge in [0.15, 0.2) is 22.8 Å². The SMILES string of the molecule is COc1cccc(Cn2nnc3c(=O)n(CC(=O)Nc4ccc(F)c(F)c4)cnc32)c1. The summed E-state index contributed by atoms with van der Waals surface area (Å²) in [6.07, 6.45) is 1.21. The Morgan fingerprint density at radius 1 is 1.16 bits per heavy atom. The van der Waals surface area contributed by atoms with Gasteiger partial charge < -0.3 is 10.1 Å². The van der Waals surface area contributed by atoms with Crippen LogP contribution >= 0.6 is 0 Å². The normalized spacial score (nSPS) is 10.9. The molecule has 0 saturated carbocycles. The van der Waals surface area contributed by atoms with Crippen molar-refractivity contribution in [2.45, 2.75) is 13.1 Å². The van der Waals surface area contributed by atoms with E-state index in [9.17, 15) is 18.4 Å². The number of halogens is 2. The molecule has 1 amide bonds. The second kappa shape index (κ2) is 8.30. The summed E-state index contributed by atoms with van der Waals surface area (Å²) < 4.78 is 34.0. The number of methoxy groups -OCH3 is 1. The van der Waals surface area contributed by atoms with Crippen molar-refractivity contribution in [3.63, 3.8) is 0 Å². The van der Waals surface area contributed by atoms with Gasteiger partial charge in [-0.2, -0.15) is 0 Å². The number of aromatic nitrogens is 5. The van der Waals surface area contributed by atoms with Gasteiger partial charge in [-0.3, -0.25) is 14.2 Å². The highest BCUT2D eigenvalue weighted by Crippen LogP contribution is 2.15. The molecule has 2 aromatic heterocycles. The third kappa shape index (κ3) is 4.25. The monoisotopic (exact) mass is 426 g/mol. The molecular weight excluding hydrogens is 410 g/mol. The van der Waals surface area contributed by atoms with E-state index >= 15 is 0 Å². The summed E-state index contributed by atoms with van der Waals surface area (Å²) in [6.45, 7) is -0.0652. The predicted molar refractivity (Wildman–Crippen MR) is 107 cm³/mol. The topological polar surface area (TPSA) is 104 Å². The van der Waals surface area contributed by atoms with E-state index in [2.05, 4.69) is 20.6 Å². The standard InChI is InChI=1S/C20H16F2N6O3/c1-31-14-4-2-3-12(7-14)9-28-19-18(25-26-28)20(30)27(11-23-19)10-17(29)24-13-5-6-15(21)16(22)8-13/h2-8,11H,9-10H2,1H3,(H,24,29). The van der Waals surface area contributed by atoms with E-state index < -0.39 is 23.1 Å². The van der Waals surface area contributed by atoms with Crippen LogP contribution in [0.2, 0.25) is 0 Å². The van der Waals surface area contributed by atoms with Crippen molar-refractivity contribution in [2.75, 3.05) is 12.4 Å². The molecule has 0 spiro atoms. The zero-order valence-corrected chi connectivity index (χ0v) is 16.2. The van der Waals surface area contributed by atoms with Crippen molar-refractivity contribution in [1.82, 2.24) is 24.5 Å². The summed E-state index contributed by atoms with van der Waals surface area (Å²) in [7, 11) is 1.57. The average Bonchev–Trinajstić information content (AvgIpc) is 3.16. The van der Waals surface area contributed by atoms with E-state index in [4.69, 9.17) is 4.74 Å². The molecule has 0 atom stereocenters. The maximum atomic E-state index is 13.3. The van der Waals surface area contributed by atoms with E-state index in [0.717, 1.165) is 22.3 Å². The van der Waals surface area contributed by atoms with Gasteiger partial charge in [0.2, 0.25) is 5.91 Å². The molecule has 0 bridgehead atoms. The van der Waals surface area contributed by atoms with Crippen LogP contribution in [0.3, 0.4) is 0 Å². The van der Waals surface area contributed by atoms with Gasteiger partial charge in [-0.25, -0.2) is 18.4 Å². The molecule has 4 aromatic rings. The fourth-order valence-corrected chi connectivity index (χ4v) is 2.98. The maximum Gasteiger partial charge on any atom is 0.283 e. The van der Waals surface area contributed by atoms with Crippen LogP contribution < -0.4 is 15.6 Å². The fraction of sp³-hybridized carbons (Fsp3) is 0.150. The van der Waals surface area contributed by atoms with Crippen LogP contribution in [-0.2, 0) is 17.9 Å². The van der Waals surface area contributed by atoms with Crippen LogP contribution in [0, 0.1) is 11.6 Å². The first-order valence-electron chi connectivity index (χ1n) is 9.11. The van der Waals surface area contributed by atoms with Crippen LogP contribution in [0.5, 0.6) is 5.75 Å². The first-order chi connectivity index (χ1) is 14.9. The second-order valence-electron chi connectivity index (χ2n) is 6.63. The van der Waals surface area contributed by atoms with Crippen LogP contribution in [0.25, 0.3) is 11.2 Å². The highest BCUT2D eigenvalue weighted by molar-refractivity contribution is 5.90. The first kappa shape index (κ1) is 20.1. The molecule has 0 aliphatic rings. The lowest BCUT2D eigenvalue weighted by molar-refractivity contribution is -0.116. The molecule has 0 radical (unpaired) electrons. The zero-order valence-electron chi connectivity index (χ0n) is 16.2. The first-order valence-corrected chi connectivity index (χ1v) is 9.11. The Kier molecular flexibility index (Phi) is 5.39. The fourth-order valence-electron chi connectivity index (χ4n) is 2.98. The minimum Gasteiger partial charge on any atom is -0.497 e. The molecule has 0 unspecified atom stereocenters. The molecular formula is C20H16F2N6O3. The molecule has 0 saturated heterocycles. The molecule has 0 aliphatic heterocycles. The van der Waals surface area contributed by atoms with Gasteiger partial charge in [-0.05, 0) is 29.8 Å². The number of rotatable bonds is 6. The number of carbonyl (C=O) groups excluding carboxylic acids is 1. The number of ether oxygens (including phenoxy) is 1. The second-order valence-corrected chi connectivity index (χ2v) is 6.63. The highest BCUT2D eigenvalue weighted by Gasteiger charge is 2.15. The zero-order chi connectivity index (χ0) is 22.0. The van der Waals surface area contributed by atoms with Gasteiger partial charge in [0, 0.05) is 11.8 Å². The molecule has 0 aliphatic carbocycles. The number of fused-ring (bicyclic) bond motifs is 1. The summed E-state index contributed by atoms with van der Waals surface area (Å²) in [5.41, 5.74) is 0.664. The van der Waals surface area contributed by atoms with Gasteiger partial charge in [0.25, 0.3) is 5.56 Å². The van der Waals surface area contributed by atoms with Crippen LogP contribution in [0.4, 0.5) is 14.5 Å². The Hall–Kier alpha value is -4.15. The predicted octanol–water partition coefficient (Wildman–Crippen LogP) is 1.96. The lowest BCUT2D eigenvalue weighted by atomic mass is 10.2. The Morgan fingerprint density at radius 2 is 2.00 bits per heavy atom. The third-order valence-electron chi connectivity index (χ3n) is 4.48. The molecule has 11 heteroatoms. The minimum atomic E-state index is -1.09. The maximum absolute atomic E-state index is 13.3. The summed E-state index contributed by atoms with van der Waals surface area (Å²) in [5, 5.41) is 10.3. The number of nitrogens with one attached hydrogen (secondary N) is 1. The molecule has 2 aromatic carbocycles. The van der Waals surface area contributed by atoms with Crippen molar-refractivity contribution >= 4 is 22.8 Å². The summed E-state index contributed by atoms with van der Waals surface area (Å²) in [4.78, 5) is 29.1. The van der Waals surface area contributed by atoms with Gasteiger partial charge in [0.05, 0.1) is 13.7 Å². The number of carbonyl (C=O) groups is 1. The smallest absolute Gasteiger partial charge is 0.283 e. The highest BCUT2D eigenvalue weighted by atomic mass is 19.2. The Bertz CT molecular complexity index is 1330. The van der Waals surface area contributed by atoms with Crippen molar-refractivity contribution in [1.29, 1.82) is 0 Å². The number of amides is 1. The molecule has 158 valence electrons. The number of benzene rings is 2. The molecule has 0 fully saturated rings. The van der Waals surface area contributed by atoms with E-state index in [-0.39, 0.29) is 23.4 Å². The quantitative estimate of drug-likeness (QED) is 0.506. The molecule has 4 rings (SSSR count). The Morgan fingerprint density at radius 3 is 2.77 bits per heavy atom. The summed E-state index contributed by atoms with van der Waals surface area (Å²) in [6, 6.07) is 10.3. The van der Waals surface area contributed by atoms with Gasteiger partial charge in [-0.15, -0.1) is 5.10 Å². The lowest BCUT2D eigenvalue weighted by Gasteiger charge is -2.08. The van der Waals surface area contributed by atoms with E-state index in [0.29, 0.717) is 12.3 Å². The van der Waals surface area contributed by atoms with Crippen LogP contribution in [0.1, 0.15) is 5.56 Å². The van der Waals surface area contributed by atoms with Gasteiger partial charge in [-0.1, -0.05) is 17.3 Å². The van der Waals surface area contributed by atoms with E-state index in [1.807, 2.05) is 24.3 Å². The summed E-state index contributed by atoms with van der Waals surface area (Å²) >= 11 is 0. The van der Waals surface area contributed by atoms with Gasteiger partial charge >= 0.3 is 0 Å². The number of hydrogen-bond acceptors (Lipinski definition) is 6. The summed E-state index contributed by atoms with van der Waals surface area (Å²) in [5.74, 6) is -2.05. The van der Waals surface area contributed by atoms with Crippen molar-refractivity contribution in [3.05, 3.63) is 76.3 Å². The van der Waals surface area contributed by atoms with E-state index in [1.54, 1.807) is 7.11 Å². The average molecular weight is 426 g/mol. The Labute approximate surface area is 173 Å². The number of anilines is 1. The number of hydrogen-bond donors (Lipinski definition) is 1. The molecule has 1 N–H and O–H groups in total. The van der Waals surface area contributed by atoms with Crippen LogP contribution in [-0.4, -0.2) is 37.6 Å². The largest absolute Gasteiger partial charge is 0.497 e. The van der Waals surface area contributed by atoms with Crippen LogP contribution in [0.15, 0.2) is 53.6 Å². The van der Waals surface area contributed by atoms with Crippen molar-refractivity contribution < 1.29 is 18.3 Å². The number of nitrogens with zero attached hydrogens (tertiary/aromatic N) is 5. The van der Waals surface area contributed by atoms with E-state index in [1.165, 1.54) is 17.1 Å². The molecule has 9 nitrogen and oxygen atoms in total. The third-order valence-corrected chi connectivity index (χ3v) is 4.48. The molecule has 2 heterocycles. The molecule has 31 heavy (non-hydrogen) atoms. The minimum absolute atomic E-state index is 0.00558.